The van der Waals surface area contributed by atoms with Gasteiger partial charge in [-0.2, -0.15) is 0 Å². The Morgan fingerprint density at radius 1 is 1.61 bits per heavy atom. The van der Waals surface area contributed by atoms with Gasteiger partial charge in [0.25, 0.3) is 5.91 Å². The Morgan fingerprint density at radius 2 is 2.39 bits per heavy atom. The van der Waals surface area contributed by atoms with Gasteiger partial charge in [0, 0.05) is 18.7 Å². The van der Waals surface area contributed by atoms with E-state index in [0.717, 1.165) is 25.6 Å². The molecule has 2 N–H and O–H groups in total. The Bertz CT molecular complexity index is 455. The first-order valence-corrected chi connectivity index (χ1v) is 5.88. The summed E-state index contributed by atoms with van der Waals surface area (Å²) in [5.74, 6) is -1.44. The van der Waals surface area contributed by atoms with Gasteiger partial charge in [0.05, 0.1) is 5.56 Å². The molecule has 6 heteroatoms. The Kier molecular flexibility index (Phi) is 3.66. The first-order chi connectivity index (χ1) is 8.58. The zero-order valence-corrected chi connectivity index (χ0v) is 10.2. The molecule has 1 aromatic rings. The summed E-state index contributed by atoms with van der Waals surface area (Å²) in [5.41, 5.74) is -0.0156. The highest BCUT2D eigenvalue weighted by Gasteiger charge is 2.22. The smallest absolute Gasteiger partial charge is 0.338 e. The van der Waals surface area contributed by atoms with Crippen LogP contribution in [-0.2, 0) is 0 Å². The van der Waals surface area contributed by atoms with Crippen LogP contribution in [-0.4, -0.2) is 48.1 Å². The van der Waals surface area contributed by atoms with Gasteiger partial charge in [-0.05, 0) is 26.4 Å². The van der Waals surface area contributed by atoms with Crippen LogP contribution in [0, 0.1) is 0 Å². The van der Waals surface area contributed by atoms with Crippen LogP contribution in [0.15, 0.2) is 16.7 Å². The minimum Gasteiger partial charge on any atom is -0.478 e. The number of nitrogens with one attached hydrogen (secondary N) is 1. The largest absolute Gasteiger partial charge is 0.478 e. The van der Waals surface area contributed by atoms with Crippen molar-refractivity contribution in [2.75, 3.05) is 20.1 Å². The number of nitrogens with zero attached hydrogens (tertiary/aromatic N) is 1. The molecule has 18 heavy (non-hydrogen) atoms. The highest BCUT2D eigenvalue weighted by molar-refractivity contribution is 5.95. The third-order valence-corrected chi connectivity index (χ3v) is 3.24. The topological polar surface area (TPSA) is 82.8 Å². The van der Waals surface area contributed by atoms with Gasteiger partial charge in [0.2, 0.25) is 0 Å². The minimum absolute atomic E-state index is 0.0156. The third kappa shape index (κ3) is 2.70. The van der Waals surface area contributed by atoms with Gasteiger partial charge in [0.15, 0.2) is 5.76 Å². The Labute approximate surface area is 105 Å². The molecule has 1 fully saturated rings. The first-order valence-electron chi connectivity index (χ1n) is 5.88. The highest BCUT2D eigenvalue weighted by Crippen LogP contribution is 2.14. The summed E-state index contributed by atoms with van der Waals surface area (Å²) >= 11 is 0. The second-order valence-electron chi connectivity index (χ2n) is 4.49. The number of carbonyl (C=O) groups is 2. The van der Waals surface area contributed by atoms with Crippen molar-refractivity contribution >= 4 is 11.9 Å². The number of furan rings is 1. The Morgan fingerprint density at radius 3 is 2.94 bits per heavy atom. The lowest BCUT2D eigenvalue weighted by atomic mass is 10.2. The molecule has 1 unspecified atom stereocenters. The summed E-state index contributed by atoms with van der Waals surface area (Å²) in [6.45, 7) is 1.60. The average molecular weight is 252 g/mol. The molecule has 98 valence electrons. The van der Waals surface area contributed by atoms with E-state index in [9.17, 15) is 9.59 Å². The molecule has 0 radical (unpaired) electrons. The number of hydrogen-bond donors (Lipinski definition) is 2. The first kappa shape index (κ1) is 12.6. The van der Waals surface area contributed by atoms with Crippen LogP contribution in [0.2, 0.25) is 0 Å². The summed E-state index contributed by atoms with van der Waals surface area (Å²) < 4.78 is 4.92. The second-order valence-corrected chi connectivity index (χ2v) is 4.49. The average Bonchev–Trinajstić information content (AvgIpc) is 2.94. The maximum atomic E-state index is 11.7. The van der Waals surface area contributed by atoms with Crippen LogP contribution < -0.4 is 5.32 Å². The summed E-state index contributed by atoms with van der Waals surface area (Å²) in [7, 11) is 2.03. The normalized spacial score (nSPS) is 19.9. The van der Waals surface area contributed by atoms with Crippen molar-refractivity contribution in [3.8, 4) is 0 Å². The monoisotopic (exact) mass is 252 g/mol. The van der Waals surface area contributed by atoms with Crippen LogP contribution >= 0.6 is 0 Å². The van der Waals surface area contributed by atoms with Gasteiger partial charge in [-0.1, -0.05) is 0 Å². The van der Waals surface area contributed by atoms with E-state index in [2.05, 4.69) is 10.2 Å². The van der Waals surface area contributed by atoms with Gasteiger partial charge in [0.1, 0.15) is 6.26 Å². The SMILES string of the molecule is CN1CCCC1CNC(=O)c1cc(C(=O)O)co1. The number of likely N-dealkylation sites (tertiary alicyclic amines) is 1. The van der Waals surface area contributed by atoms with Crippen LogP contribution in [0.5, 0.6) is 0 Å². The fourth-order valence-electron chi connectivity index (χ4n) is 2.10. The van der Waals surface area contributed by atoms with Gasteiger partial charge < -0.3 is 19.7 Å². The maximum absolute atomic E-state index is 11.7. The molecule has 1 aromatic heterocycles. The number of rotatable bonds is 4. The van der Waals surface area contributed by atoms with Gasteiger partial charge in [-0.3, -0.25) is 4.79 Å². The van der Waals surface area contributed by atoms with E-state index in [1.54, 1.807) is 0 Å². The van der Waals surface area contributed by atoms with E-state index in [1.165, 1.54) is 6.07 Å². The van der Waals surface area contributed by atoms with Crippen LogP contribution in [0.1, 0.15) is 33.8 Å². The number of carboxylic acid groups (broad SMARTS) is 1. The van der Waals surface area contributed by atoms with Crippen molar-refractivity contribution in [1.29, 1.82) is 0 Å². The molecule has 0 aromatic carbocycles. The summed E-state index contributed by atoms with van der Waals surface area (Å²) in [5, 5.41) is 11.5. The summed E-state index contributed by atoms with van der Waals surface area (Å²) in [6.07, 6.45) is 3.27. The number of carbonyl (C=O) groups excluding carboxylic acids is 1. The maximum Gasteiger partial charge on any atom is 0.338 e. The van der Waals surface area contributed by atoms with E-state index in [-0.39, 0.29) is 17.2 Å². The molecule has 1 saturated heterocycles. The standard InChI is InChI=1S/C12H16N2O4/c1-14-4-2-3-9(14)6-13-11(15)10-5-8(7-18-10)12(16)17/h5,7,9H,2-4,6H2,1H3,(H,13,15)(H,16,17). The van der Waals surface area contributed by atoms with Crippen molar-refractivity contribution < 1.29 is 19.1 Å². The van der Waals surface area contributed by atoms with Crippen LogP contribution in [0.25, 0.3) is 0 Å². The molecule has 0 spiro atoms. The molecule has 1 aliphatic heterocycles. The quantitative estimate of drug-likeness (QED) is 0.828. The molecule has 0 saturated carbocycles. The lowest BCUT2D eigenvalue weighted by molar-refractivity contribution is 0.0696. The fraction of sp³-hybridized carbons (Fsp3) is 0.500. The number of aromatic carboxylic acids is 1. The zero-order valence-electron chi connectivity index (χ0n) is 10.2. The minimum atomic E-state index is -1.10. The Balaban J connectivity index is 1.89. The van der Waals surface area contributed by atoms with Crippen molar-refractivity contribution in [2.24, 2.45) is 0 Å². The lowest BCUT2D eigenvalue weighted by Gasteiger charge is -2.19. The van der Waals surface area contributed by atoms with E-state index < -0.39 is 5.97 Å². The van der Waals surface area contributed by atoms with Crippen LogP contribution in [0.3, 0.4) is 0 Å². The lowest BCUT2D eigenvalue weighted by Crippen LogP contribution is -2.38. The molecule has 1 atom stereocenters. The molecule has 2 rings (SSSR count). The number of amides is 1. The van der Waals surface area contributed by atoms with Crippen molar-refractivity contribution in [2.45, 2.75) is 18.9 Å². The van der Waals surface area contributed by atoms with E-state index in [4.69, 9.17) is 9.52 Å². The molecule has 1 aliphatic rings. The van der Waals surface area contributed by atoms with E-state index >= 15 is 0 Å². The van der Waals surface area contributed by atoms with E-state index in [1.807, 2.05) is 7.05 Å². The summed E-state index contributed by atoms with van der Waals surface area (Å²) in [6, 6.07) is 1.58. The molecule has 0 aliphatic carbocycles. The van der Waals surface area contributed by atoms with Crippen LogP contribution in [0.4, 0.5) is 0 Å². The van der Waals surface area contributed by atoms with Gasteiger partial charge >= 0.3 is 5.97 Å². The highest BCUT2D eigenvalue weighted by atomic mass is 16.4. The van der Waals surface area contributed by atoms with Crippen molar-refractivity contribution in [1.82, 2.24) is 10.2 Å². The van der Waals surface area contributed by atoms with Gasteiger partial charge in [-0.15, -0.1) is 0 Å². The number of hydrogen-bond acceptors (Lipinski definition) is 4. The van der Waals surface area contributed by atoms with Crippen molar-refractivity contribution in [3.63, 3.8) is 0 Å². The zero-order chi connectivity index (χ0) is 13.1. The molecular weight excluding hydrogens is 236 g/mol. The Hall–Kier alpha value is -1.82. The fourth-order valence-corrected chi connectivity index (χ4v) is 2.10. The number of likely N-dealkylation sites (N-methyl/N-ethyl adjacent to an activating group) is 1. The molecule has 0 bridgehead atoms. The molecular formula is C12H16N2O4. The third-order valence-electron chi connectivity index (χ3n) is 3.24. The predicted molar refractivity (Wildman–Crippen MR) is 63.7 cm³/mol. The molecule has 6 nitrogen and oxygen atoms in total. The van der Waals surface area contributed by atoms with Crippen molar-refractivity contribution in [3.05, 3.63) is 23.7 Å². The predicted octanol–water partition coefficient (Wildman–Crippen LogP) is 0.802. The molecule has 1 amide bonds. The molecule has 2 heterocycles. The second kappa shape index (κ2) is 5.22. The van der Waals surface area contributed by atoms with E-state index in [0.29, 0.717) is 12.6 Å². The summed E-state index contributed by atoms with van der Waals surface area (Å²) in [4.78, 5) is 24.6. The van der Waals surface area contributed by atoms with Gasteiger partial charge in [-0.25, -0.2) is 4.79 Å². The number of carboxylic acids is 1.